The van der Waals surface area contributed by atoms with Crippen molar-refractivity contribution in [1.29, 1.82) is 0 Å². The average molecular weight is 401 g/mol. The highest BCUT2D eigenvalue weighted by Crippen LogP contribution is 2.33. The van der Waals surface area contributed by atoms with Gasteiger partial charge in [0.1, 0.15) is 17.8 Å². The Morgan fingerprint density at radius 1 is 1.34 bits per heavy atom. The lowest BCUT2D eigenvalue weighted by molar-refractivity contribution is -0.383. The maximum atomic E-state index is 13.1. The molecule has 2 aromatic rings. The molecule has 1 aromatic heterocycles. The largest absolute Gasteiger partial charge is 0.383 e. The number of nitro groups is 1. The fraction of sp³-hybridized carbons (Fsp3) is 0.526. The van der Waals surface area contributed by atoms with Gasteiger partial charge in [-0.05, 0) is 18.9 Å². The molecular formula is C19H27N7O3. The van der Waals surface area contributed by atoms with Gasteiger partial charge in [-0.1, -0.05) is 19.3 Å². The summed E-state index contributed by atoms with van der Waals surface area (Å²) >= 11 is 0. The molecule has 0 atom stereocenters. The number of carbonyl (C=O) groups excluding carboxylic acids is 1. The maximum absolute atomic E-state index is 13.1. The summed E-state index contributed by atoms with van der Waals surface area (Å²) in [5.74, 6) is 0.429. The molecule has 2 N–H and O–H groups in total. The molecule has 0 aliphatic heterocycles. The quantitative estimate of drug-likeness (QED) is 0.540. The number of amides is 1. The zero-order valence-electron chi connectivity index (χ0n) is 17.0. The Hall–Kier alpha value is -3.17. The van der Waals surface area contributed by atoms with E-state index in [9.17, 15) is 14.9 Å². The van der Waals surface area contributed by atoms with Gasteiger partial charge in [-0.15, -0.1) is 0 Å². The number of rotatable bonds is 7. The van der Waals surface area contributed by atoms with Crippen LogP contribution in [0.4, 0.5) is 17.1 Å². The monoisotopic (exact) mass is 401 g/mol. The van der Waals surface area contributed by atoms with E-state index in [-0.39, 0.29) is 23.2 Å². The lowest BCUT2D eigenvalue weighted by atomic mass is 9.95. The molecule has 0 spiro atoms. The Labute approximate surface area is 169 Å². The number of aryl methyl sites for hydroxylation is 1. The SMILES string of the molecule is CNc1cc(N(C)Cc2ncnn2C)c(C(=O)NC2CCCCC2)cc1[N+](=O)[O-]. The van der Waals surface area contributed by atoms with Gasteiger partial charge in [0.15, 0.2) is 0 Å². The molecule has 0 bridgehead atoms. The van der Waals surface area contributed by atoms with Crippen molar-refractivity contribution in [2.24, 2.45) is 7.05 Å². The van der Waals surface area contributed by atoms with Gasteiger partial charge in [0.25, 0.3) is 11.6 Å². The van der Waals surface area contributed by atoms with E-state index < -0.39 is 4.92 Å². The molecule has 1 aromatic carbocycles. The van der Waals surface area contributed by atoms with Crippen LogP contribution in [0.2, 0.25) is 0 Å². The van der Waals surface area contributed by atoms with E-state index in [0.29, 0.717) is 17.9 Å². The summed E-state index contributed by atoms with van der Waals surface area (Å²) < 4.78 is 1.66. The number of nitrogens with zero attached hydrogens (tertiary/aromatic N) is 5. The van der Waals surface area contributed by atoms with Crippen LogP contribution in [-0.4, -0.2) is 45.7 Å². The van der Waals surface area contributed by atoms with Crippen molar-refractivity contribution in [3.8, 4) is 0 Å². The normalized spacial score (nSPS) is 14.4. The average Bonchev–Trinajstić information content (AvgIpc) is 3.11. The molecule has 29 heavy (non-hydrogen) atoms. The van der Waals surface area contributed by atoms with Gasteiger partial charge >= 0.3 is 0 Å². The number of hydrogen-bond donors (Lipinski definition) is 2. The van der Waals surface area contributed by atoms with Crippen LogP contribution in [0, 0.1) is 10.1 Å². The van der Waals surface area contributed by atoms with Gasteiger partial charge in [-0.3, -0.25) is 19.6 Å². The third kappa shape index (κ3) is 4.64. The lowest BCUT2D eigenvalue weighted by Crippen LogP contribution is -2.37. The molecule has 10 heteroatoms. The summed E-state index contributed by atoms with van der Waals surface area (Å²) in [7, 11) is 5.24. The molecule has 1 heterocycles. The van der Waals surface area contributed by atoms with Crippen molar-refractivity contribution in [2.75, 3.05) is 24.3 Å². The molecule has 0 saturated heterocycles. The Morgan fingerprint density at radius 2 is 2.07 bits per heavy atom. The summed E-state index contributed by atoms with van der Waals surface area (Å²) in [5, 5.41) is 21.5. The predicted octanol–water partition coefficient (Wildman–Crippen LogP) is 2.46. The molecule has 1 saturated carbocycles. The van der Waals surface area contributed by atoms with E-state index in [4.69, 9.17) is 0 Å². The van der Waals surface area contributed by atoms with Crippen LogP contribution < -0.4 is 15.5 Å². The highest BCUT2D eigenvalue weighted by atomic mass is 16.6. The van der Waals surface area contributed by atoms with Gasteiger partial charge in [-0.25, -0.2) is 4.98 Å². The Morgan fingerprint density at radius 3 is 2.66 bits per heavy atom. The van der Waals surface area contributed by atoms with Gasteiger partial charge in [0.05, 0.1) is 22.7 Å². The van der Waals surface area contributed by atoms with Gasteiger partial charge < -0.3 is 15.5 Å². The second kappa shape index (κ2) is 8.89. The fourth-order valence-corrected chi connectivity index (χ4v) is 3.70. The van der Waals surface area contributed by atoms with Crippen molar-refractivity contribution < 1.29 is 9.72 Å². The topological polar surface area (TPSA) is 118 Å². The van der Waals surface area contributed by atoms with Crippen LogP contribution in [0.15, 0.2) is 18.5 Å². The lowest BCUT2D eigenvalue weighted by Gasteiger charge is -2.26. The second-order valence-electron chi connectivity index (χ2n) is 7.36. The molecule has 10 nitrogen and oxygen atoms in total. The zero-order chi connectivity index (χ0) is 21.0. The van der Waals surface area contributed by atoms with Crippen molar-refractivity contribution in [1.82, 2.24) is 20.1 Å². The first-order valence-electron chi connectivity index (χ1n) is 9.75. The zero-order valence-corrected chi connectivity index (χ0v) is 17.0. The molecule has 1 fully saturated rings. The first-order chi connectivity index (χ1) is 13.9. The number of nitro benzene ring substituents is 1. The Bertz CT molecular complexity index is 890. The first-order valence-corrected chi connectivity index (χ1v) is 9.75. The third-order valence-corrected chi connectivity index (χ3v) is 5.36. The summed E-state index contributed by atoms with van der Waals surface area (Å²) in [4.78, 5) is 30.2. The van der Waals surface area contributed by atoms with E-state index in [2.05, 4.69) is 20.7 Å². The summed E-state index contributed by atoms with van der Waals surface area (Å²) in [6.07, 6.45) is 6.69. The van der Waals surface area contributed by atoms with Gasteiger partial charge in [0.2, 0.25) is 0 Å². The van der Waals surface area contributed by atoms with E-state index in [1.807, 2.05) is 11.9 Å². The van der Waals surface area contributed by atoms with Crippen LogP contribution in [0.25, 0.3) is 0 Å². The Kier molecular flexibility index (Phi) is 6.30. The number of aromatic nitrogens is 3. The standard InChI is InChI=1S/C19H27N7O3/c1-20-15-10-16(24(2)11-18-21-12-22-25(18)3)14(9-17(15)26(28)29)19(27)23-13-7-5-4-6-8-13/h9-10,12-13,20H,4-8,11H2,1-3H3,(H,23,27). The van der Waals surface area contributed by atoms with Crippen molar-refractivity contribution in [3.63, 3.8) is 0 Å². The number of nitrogens with one attached hydrogen (secondary N) is 2. The van der Waals surface area contributed by atoms with Crippen molar-refractivity contribution in [2.45, 2.75) is 44.7 Å². The van der Waals surface area contributed by atoms with E-state index in [1.54, 1.807) is 24.8 Å². The molecule has 156 valence electrons. The summed E-state index contributed by atoms with van der Waals surface area (Å²) in [6.45, 7) is 0.404. The summed E-state index contributed by atoms with van der Waals surface area (Å²) in [6, 6.07) is 3.10. The van der Waals surface area contributed by atoms with Crippen LogP contribution in [0.1, 0.15) is 48.3 Å². The molecule has 3 rings (SSSR count). The second-order valence-corrected chi connectivity index (χ2v) is 7.36. The van der Waals surface area contributed by atoms with Gasteiger partial charge in [-0.2, -0.15) is 5.10 Å². The maximum Gasteiger partial charge on any atom is 0.293 e. The first kappa shape index (κ1) is 20.6. The van der Waals surface area contributed by atoms with Crippen LogP contribution >= 0.6 is 0 Å². The highest BCUT2D eigenvalue weighted by molar-refractivity contribution is 6.02. The van der Waals surface area contributed by atoms with Crippen LogP contribution in [0.3, 0.4) is 0 Å². The molecule has 1 aliphatic carbocycles. The number of carbonyl (C=O) groups is 1. The number of anilines is 2. The highest BCUT2D eigenvalue weighted by Gasteiger charge is 2.25. The fourth-order valence-electron chi connectivity index (χ4n) is 3.70. The molecule has 1 amide bonds. The molecule has 1 aliphatic rings. The number of benzene rings is 1. The molecular weight excluding hydrogens is 374 g/mol. The summed E-state index contributed by atoms with van der Waals surface area (Å²) in [5.41, 5.74) is 1.10. The minimum Gasteiger partial charge on any atom is -0.383 e. The van der Waals surface area contributed by atoms with E-state index >= 15 is 0 Å². The molecule has 0 radical (unpaired) electrons. The smallest absolute Gasteiger partial charge is 0.293 e. The van der Waals surface area contributed by atoms with Gasteiger partial charge in [0, 0.05) is 33.3 Å². The van der Waals surface area contributed by atoms with Crippen molar-refractivity contribution >= 4 is 23.0 Å². The van der Waals surface area contributed by atoms with Crippen LogP contribution in [-0.2, 0) is 13.6 Å². The Balaban J connectivity index is 1.96. The minimum atomic E-state index is -0.477. The van der Waals surface area contributed by atoms with E-state index in [1.165, 1.54) is 18.8 Å². The van der Waals surface area contributed by atoms with Crippen LogP contribution in [0.5, 0.6) is 0 Å². The third-order valence-electron chi connectivity index (χ3n) is 5.36. The predicted molar refractivity (Wildman–Crippen MR) is 110 cm³/mol. The minimum absolute atomic E-state index is 0.108. The van der Waals surface area contributed by atoms with Crippen molar-refractivity contribution in [3.05, 3.63) is 40.0 Å². The number of hydrogen-bond acceptors (Lipinski definition) is 7. The van der Waals surface area contributed by atoms with E-state index in [0.717, 1.165) is 31.5 Å². The molecule has 0 unspecified atom stereocenters.